The molecular weight excluding hydrogens is 276 g/mol. The van der Waals surface area contributed by atoms with Gasteiger partial charge in [-0.15, -0.1) is 11.3 Å². The van der Waals surface area contributed by atoms with Crippen LogP contribution in [-0.4, -0.2) is 31.1 Å². The molecule has 21 heavy (non-hydrogen) atoms. The van der Waals surface area contributed by atoms with Crippen molar-refractivity contribution in [2.45, 2.75) is 25.3 Å². The van der Waals surface area contributed by atoms with Gasteiger partial charge in [0.25, 0.3) is 0 Å². The maximum absolute atomic E-state index is 3.76. The molecule has 2 aromatic rings. The summed E-state index contributed by atoms with van der Waals surface area (Å²) in [7, 11) is 0. The summed E-state index contributed by atoms with van der Waals surface area (Å²) in [6.45, 7) is 6.88. The van der Waals surface area contributed by atoms with Crippen molar-refractivity contribution in [3.8, 4) is 0 Å². The predicted octanol–water partition coefficient (Wildman–Crippen LogP) is 3.50. The molecule has 0 amide bonds. The maximum atomic E-state index is 3.76. The average Bonchev–Trinajstić information content (AvgIpc) is 2.96. The lowest BCUT2D eigenvalue weighted by Crippen LogP contribution is -2.46. The number of thiophene rings is 1. The summed E-state index contributed by atoms with van der Waals surface area (Å²) in [6, 6.07) is 15.3. The maximum Gasteiger partial charge on any atom is 0.0534 e. The van der Waals surface area contributed by atoms with Gasteiger partial charge in [0.05, 0.1) is 5.54 Å². The number of hydrogen-bond acceptors (Lipinski definition) is 3. The van der Waals surface area contributed by atoms with Crippen molar-refractivity contribution in [2.24, 2.45) is 0 Å². The van der Waals surface area contributed by atoms with Crippen LogP contribution in [0.2, 0.25) is 0 Å². The Bertz CT molecular complexity index is 538. The van der Waals surface area contributed by atoms with Crippen LogP contribution in [0, 0.1) is 0 Å². The second kappa shape index (κ2) is 6.73. The van der Waals surface area contributed by atoms with Crippen molar-refractivity contribution in [3.05, 3.63) is 58.3 Å². The molecule has 1 aliphatic rings. The minimum Gasteiger partial charge on any atom is -0.307 e. The van der Waals surface area contributed by atoms with Crippen LogP contribution >= 0.6 is 11.3 Å². The first kappa shape index (κ1) is 14.8. The third kappa shape index (κ3) is 3.73. The van der Waals surface area contributed by atoms with Gasteiger partial charge < -0.3 is 10.2 Å². The predicted molar refractivity (Wildman–Crippen MR) is 90.9 cm³/mol. The molecule has 1 aromatic carbocycles. The van der Waals surface area contributed by atoms with Crippen LogP contribution in [0.5, 0.6) is 0 Å². The molecule has 1 atom stereocenters. The van der Waals surface area contributed by atoms with Crippen molar-refractivity contribution in [1.29, 1.82) is 0 Å². The largest absolute Gasteiger partial charge is 0.307 e. The van der Waals surface area contributed by atoms with Crippen LogP contribution in [0.3, 0.4) is 0 Å². The zero-order valence-electron chi connectivity index (χ0n) is 12.7. The first-order valence-corrected chi connectivity index (χ1v) is 8.69. The average molecular weight is 300 g/mol. The van der Waals surface area contributed by atoms with Gasteiger partial charge in [-0.3, -0.25) is 0 Å². The highest BCUT2D eigenvalue weighted by atomic mass is 32.1. The highest BCUT2D eigenvalue weighted by molar-refractivity contribution is 7.09. The van der Waals surface area contributed by atoms with Crippen molar-refractivity contribution in [1.82, 2.24) is 10.2 Å². The Labute approximate surface area is 131 Å². The molecule has 0 bridgehead atoms. The fourth-order valence-corrected chi connectivity index (χ4v) is 3.86. The lowest BCUT2D eigenvalue weighted by molar-refractivity contribution is 0.223. The molecule has 112 valence electrons. The summed E-state index contributed by atoms with van der Waals surface area (Å²) in [4.78, 5) is 4.11. The van der Waals surface area contributed by atoms with Crippen molar-refractivity contribution >= 4 is 11.3 Å². The molecule has 3 heteroatoms. The molecule has 0 spiro atoms. The van der Waals surface area contributed by atoms with E-state index in [0.717, 1.165) is 19.6 Å². The molecule has 1 aliphatic heterocycles. The third-order valence-electron chi connectivity index (χ3n) is 4.37. The highest BCUT2D eigenvalue weighted by Crippen LogP contribution is 2.24. The highest BCUT2D eigenvalue weighted by Gasteiger charge is 2.30. The van der Waals surface area contributed by atoms with Crippen molar-refractivity contribution in [3.63, 3.8) is 0 Å². The summed E-state index contributed by atoms with van der Waals surface area (Å²) >= 11 is 1.87. The van der Waals surface area contributed by atoms with E-state index in [-0.39, 0.29) is 5.54 Å². The summed E-state index contributed by atoms with van der Waals surface area (Å²) in [5, 5.41) is 5.93. The van der Waals surface area contributed by atoms with Crippen molar-refractivity contribution < 1.29 is 0 Å². The minimum atomic E-state index is 0.0627. The molecule has 1 saturated heterocycles. The van der Waals surface area contributed by atoms with Gasteiger partial charge in [-0.1, -0.05) is 36.4 Å². The van der Waals surface area contributed by atoms with Crippen LogP contribution in [0.1, 0.15) is 23.8 Å². The van der Waals surface area contributed by atoms with Crippen LogP contribution in [0.15, 0.2) is 47.8 Å². The number of hydrogen-bond donors (Lipinski definition) is 1. The van der Waals surface area contributed by atoms with E-state index in [0.29, 0.717) is 0 Å². The SMILES string of the molecule is CC1(c2ccccc2)CN(CCc2cccs2)CCCN1. The van der Waals surface area contributed by atoms with Gasteiger partial charge in [0.1, 0.15) is 0 Å². The van der Waals surface area contributed by atoms with E-state index in [4.69, 9.17) is 0 Å². The molecule has 0 aliphatic carbocycles. The molecule has 3 rings (SSSR count). The number of rotatable bonds is 4. The summed E-state index contributed by atoms with van der Waals surface area (Å²) in [5.41, 5.74) is 1.46. The zero-order valence-corrected chi connectivity index (χ0v) is 13.5. The minimum absolute atomic E-state index is 0.0627. The fourth-order valence-electron chi connectivity index (χ4n) is 3.16. The summed E-state index contributed by atoms with van der Waals surface area (Å²) in [6.07, 6.45) is 2.40. The van der Waals surface area contributed by atoms with Gasteiger partial charge >= 0.3 is 0 Å². The quantitative estimate of drug-likeness (QED) is 0.929. The smallest absolute Gasteiger partial charge is 0.0534 e. The normalized spacial score (nSPS) is 23.9. The molecule has 0 saturated carbocycles. The third-order valence-corrected chi connectivity index (χ3v) is 5.31. The van der Waals surface area contributed by atoms with Crippen LogP contribution in [-0.2, 0) is 12.0 Å². The number of nitrogens with one attached hydrogen (secondary N) is 1. The molecular formula is C18H24N2S. The topological polar surface area (TPSA) is 15.3 Å². The van der Waals surface area contributed by atoms with E-state index in [1.165, 1.54) is 29.8 Å². The van der Waals surface area contributed by atoms with E-state index in [2.05, 4.69) is 65.0 Å². The van der Waals surface area contributed by atoms with Gasteiger partial charge in [-0.25, -0.2) is 0 Å². The second-order valence-electron chi connectivity index (χ2n) is 6.08. The van der Waals surface area contributed by atoms with Gasteiger partial charge in [-0.05, 0) is 49.9 Å². The van der Waals surface area contributed by atoms with Crippen LogP contribution in [0.25, 0.3) is 0 Å². The Hall–Kier alpha value is -1.16. The second-order valence-corrected chi connectivity index (χ2v) is 7.12. The molecule has 1 aromatic heterocycles. The first-order chi connectivity index (χ1) is 10.3. The van der Waals surface area contributed by atoms with E-state index in [1.807, 2.05) is 11.3 Å². The standard InChI is InChI=1S/C18H24N2S/c1-18(16-7-3-2-4-8-16)15-20(12-6-11-19-18)13-10-17-9-5-14-21-17/h2-5,7-9,14,19H,6,10-13,15H2,1H3. The van der Waals surface area contributed by atoms with Gasteiger partial charge in [-0.2, -0.15) is 0 Å². The molecule has 1 fully saturated rings. The van der Waals surface area contributed by atoms with E-state index in [9.17, 15) is 0 Å². The van der Waals surface area contributed by atoms with Crippen molar-refractivity contribution in [2.75, 3.05) is 26.2 Å². The lowest BCUT2D eigenvalue weighted by atomic mass is 9.91. The van der Waals surface area contributed by atoms with Gasteiger partial charge in [0.2, 0.25) is 0 Å². The zero-order chi connectivity index (χ0) is 14.5. The van der Waals surface area contributed by atoms with Crippen LogP contribution < -0.4 is 5.32 Å². The monoisotopic (exact) mass is 300 g/mol. The van der Waals surface area contributed by atoms with Gasteiger partial charge in [0, 0.05) is 18.0 Å². The van der Waals surface area contributed by atoms with E-state index < -0.39 is 0 Å². The Morgan fingerprint density at radius 3 is 2.81 bits per heavy atom. The Morgan fingerprint density at radius 1 is 1.19 bits per heavy atom. The Balaban J connectivity index is 1.68. The fraction of sp³-hybridized carbons (Fsp3) is 0.444. The van der Waals surface area contributed by atoms with E-state index in [1.54, 1.807) is 0 Å². The molecule has 1 N–H and O–H groups in total. The van der Waals surface area contributed by atoms with E-state index >= 15 is 0 Å². The molecule has 2 nitrogen and oxygen atoms in total. The first-order valence-electron chi connectivity index (χ1n) is 7.82. The molecule has 1 unspecified atom stereocenters. The number of benzene rings is 1. The molecule has 0 radical (unpaired) electrons. The van der Waals surface area contributed by atoms with Gasteiger partial charge in [0.15, 0.2) is 0 Å². The Morgan fingerprint density at radius 2 is 2.05 bits per heavy atom. The summed E-state index contributed by atoms with van der Waals surface area (Å²) in [5.74, 6) is 0. The Kier molecular flexibility index (Phi) is 4.73. The lowest BCUT2D eigenvalue weighted by Gasteiger charge is -2.34. The van der Waals surface area contributed by atoms with Crippen LogP contribution in [0.4, 0.5) is 0 Å². The summed E-state index contributed by atoms with van der Waals surface area (Å²) < 4.78 is 0. The number of nitrogens with zero attached hydrogens (tertiary/aromatic N) is 1. The molecule has 2 heterocycles.